The Morgan fingerprint density at radius 1 is 1.55 bits per heavy atom. The minimum atomic E-state index is 0.550. The minimum Gasteiger partial charge on any atom is -0.380 e. The smallest absolute Gasteiger partial charge is 0.160 e. The monoisotopic (exact) mass is 168 g/mol. The number of carbonyl (C=O) groups excluding carboxylic acids is 1. The minimum absolute atomic E-state index is 0.550. The van der Waals surface area contributed by atoms with Crippen LogP contribution in [0.1, 0.15) is 20.5 Å². The van der Waals surface area contributed by atoms with Crippen molar-refractivity contribution in [3.63, 3.8) is 0 Å². The van der Waals surface area contributed by atoms with Gasteiger partial charge in [-0.2, -0.15) is 0 Å². The average molecular weight is 168 g/mol. The lowest BCUT2D eigenvalue weighted by atomic mass is 10.1. The van der Waals surface area contributed by atoms with Crippen LogP contribution in [0.4, 0.5) is 0 Å². The summed E-state index contributed by atoms with van der Waals surface area (Å²) in [6.07, 6.45) is 0.897. The summed E-state index contributed by atoms with van der Waals surface area (Å²) in [4.78, 5) is 12.4. The van der Waals surface area contributed by atoms with Crippen LogP contribution in [-0.2, 0) is 4.74 Å². The maximum Gasteiger partial charge on any atom is 0.160 e. The quantitative estimate of drug-likeness (QED) is 0.628. The molecule has 0 bridgehead atoms. The van der Waals surface area contributed by atoms with Gasteiger partial charge in [0.15, 0.2) is 6.29 Å². The zero-order valence-corrected chi connectivity index (χ0v) is 6.76. The molecule has 2 rings (SSSR count). The molecule has 1 aromatic rings. The van der Waals surface area contributed by atoms with Gasteiger partial charge < -0.3 is 4.74 Å². The summed E-state index contributed by atoms with van der Waals surface area (Å²) in [6, 6.07) is 3.88. The van der Waals surface area contributed by atoms with E-state index in [0.717, 1.165) is 24.4 Å². The van der Waals surface area contributed by atoms with Crippen molar-refractivity contribution in [2.75, 3.05) is 13.2 Å². The van der Waals surface area contributed by atoms with E-state index in [0.29, 0.717) is 5.92 Å². The number of hydrogen-bond donors (Lipinski definition) is 0. The molecular weight excluding hydrogens is 160 g/mol. The van der Waals surface area contributed by atoms with E-state index in [1.807, 2.05) is 12.1 Å². The third-order valence-electron chi connectivity index (χ3n) is 1.80. The molecule has 0 amide bonds. The summed E-state index contributed by atoms with van der Waals surface area (Å²) in [5, 5.41) is 0. The molecule has 0 aromatic carbocycles. The van der Waals surface area contributed by atoms with Crippen LogP contribution in [0, 0.1) is 0 Å². The Kier molecular flexibility index (Phi) is 1.75. The summed E-state index contributed by atoms with van der Waals surface area (Å²) in [6.45, 7) is 1.64. The van der Waals surface area contributed by atoms with E-state index in [4.69, 9.17) is 4.74 Å². The highest BCUT2D eigenvalue weighted by molar-refractivity contribution is 7.13. The number of carbonyl (C=O) groups is 1. The topological polar surface area (TPSA) is 26.3 Å². The lowest BCUT2D eigenvalue weighted by molar-refractivity contribution is 0.00987. The Balaban J connectivity index is 2.17. The molecule has 0 unspecified atom stereocenters. The SMILES string of the molecule is O=Cc1ccc(C2COC2)s1. The van der Waals surface area contributed by atoms with Crippen molar-refractivity contribution in [1.29, 1.82) is 0 Å². The van der Waals surface area contributed by atoms with Crippen molar-refractivity contribution in [2.45, 2.75) is 5.92 Å². The van der Waals surface area contributed by atoms with Crippen LogP contribution in [0.2, 0.25) is 0 Å². The maximum atomic E-state index is 10.3. The second-order valence-electron chi connectivity index (χ2n) is 2.59. The fraction of sp³-hybridized carbons (Fsp3) is 0.375. The summed E-state index contributed by atoms with van der Waals surface area (Å²) >= 11 is 1.57. The number of rotatable bonds is 2. The lowest BCUT2D eigenvalue weighted by Gasteiger charge is -2.24. The third kappa shape index (κ3) is 1.21. The molecule has 0 saturated carbocycles. The van der Waals surface area contributed by atoms with Crippen molar-refractivity contribution >= 4 is 17.6 Å². The van der Waals surface area contributed by atoms with E-state index >= 15 is 0 Å². The molecule has 11 heavy (non-hydrogen) atoms. The molecule has 58 valence electrons. The molecule has 0 atom stereocenters. The van der Waals surface area contributed by atoms with E-state index in [9.17, 15) is 4.79 Å². The molecule has 1 fully saturated rings. The van der Waals surface area contributed by atoms with Gasteiger partial charge in [-0.05, 0) is 12.1 Å². The fourth-order valence-electron chi connectivity index (χ4n) is 1.05. The molecule has 0 spiro atoms. The van der Waals surface area contributed by atoms with Gasteiger partial charge >= 0.3 is 0 Å². The van der Waals surface area contributed by atoms with Crippen molar-refractivity contribution in [3.05, 3.63) is 21.9 Å². The van der Waals surface area contributed by atoms with Gasteiger partial charge in [0.1, 0.15) is 0 Å². The van der Waals surface area contributed by atoms with Gasteiger partial charge in [0.2, 0.25) is 0 Å². The molecule has 1 aromatic heterocycles. The summed E-state index contributed by atoms with van der Waals surface area (Å²) in [5.41, 5.74) is 0. The van der Waals surface area contributed by atoms with Crippen LogP contribution in [-0.4, -0.2) is 19.5 Å². The molecule has 1 aliphatic heterocycles. The van der Waals surface area contributed by atoms with Gasteiger partial charge in [0.05, 0.1) is 18.1 Å². The van der Waals surface area contributed by atoms with Crippen LogP contribution >= 0.6 is 11.3 Å². The Hall–Kier alpha value is -0.670. The molecule has 0 aliphatic carbocycles. The molecule has 3 heteroatoms. The Morgan fingerprint density at radius 3 is 2.82 bits per heavy atom. The van der Waals surface area contributed by atoms with Crippen LogP contribution in [0.5, 0.6) is 0 Å². The zero-order chi connectivity index (χ0) is 7.68. The first-order valence-corrected chi connectivity index (χ1v) is 4.34. The van der Waals surface area contributed by atoms with E-state index in [1.54, 1.807) is 11.3 Å². The fourth-order valence-corrected chi connectivity index (χ4v) is 1.95. The van der Waals surface area contributed by atoms with Crippen LogP contribution in [0.3, 0.4) is 0 Å². The third-order valence-corrected chi connectivity index (χ3v) is 2.98. The Bertz CT molecular complexity index is 263. The van der Waals surface area contributed by atoms with E-state index in [1.165, 1.54) is 4.88 Å². The van der Waals surface area contributed by atoms with Crippen LogP contribution in [0.15, 0.2) is 12.1 Å². The number of aldehydes is 1. The zero-order valence-electron chi connectivity index (χ0n) is 5.95. The van der Waals surface area contributed by atoms with Crippen LogP contribution < -0.4 is 0 Å². The average Bonchev–Trinajstić information content (AvgIpc) is 2.32. The summed E-state index contributed by atoms with van der Waals surface area (Å²) in [5.74, 6) is 0.550. The maximum absolute atomic E-state index is 10.3. The predicted molar refractivity (Wildman–Crippen MR) is 43.3 cm³/mol. The van der Waals surface area contributed by atoms with Gasteiger partial charge in [-0.1, -0.05) is 0 Å². The van der Waals surface area contributed by atoms with Crippen LogP contribution in [0.25, 0.3) is 0 Å². The lowest BCUT2D eigenvalue weighted by Crippen LogP contribution is -2.23. The van der Waals surface area contributed by atoms with Crippen molar-refractivity contribution in [1.82, 2.24) is 0 Å². The molecule has 2 nitrogen and oxygen atoms in total. The van der Waals surface area contributed by atoms with Gasteiger partial charge in [-0.15, -0.1) is 11.3 Å². The second-order valence-corrected chi connectivity index (χ2v) is 3.74. The summed E-state index contributed by atoms with van der Waals surface area (Å²) in [7, 11) is 0. The number of thiophene rings is 1. The first-order chi connectivity index (χ1) is 5.40. The van der Waals surface area contributed by atoms with Crippen molar-refractivity contribution < 1.29 is 9.53 Å². The number of hydrogen-bond acceptors (Lipinski definition) is 3. The molecule has 1 aliphatic rings. The molecule has 0 radical (unpaired) electrons. The first-order valence-electron chi connectivity index (χ1n) is 3.53. The van der Waals surface area contributed by atoms with E-state index in [-0.39, 0.29) is 0 Å². The predicted octanol–water partition coefficient (Wildman–Crippen LogP) is 1.67. The van der Waals surface area contributed by atoms with E-state index in [2.05, 4.69) is 0 Å². The molecule has 2 heterocycles. The summed E-state index contributed by atoms with van der Waals surface area (Å²) < 4.78 is 5.05. The van der Waals surface area contributed by atoms with Gasteiger partial charge in [0, 0.05) is 10.8 Å². The Morgan fingerprint density at radius 2 is 2.36 bits per heavy atom. The first kappa shape index (κ1) is 7.00. The Labute approximate surface area is 68.8 Å². The van der Waals surface area contributed by atoms with Gasteiger partial charge in [-0.25, -0.2) is 0 Å². The van der Waals surface area contributed by atoms with Gasteiger partial charge in [0.25, 0.3) is 0 Å². The normalized spacial score (nSPS) is 17.8. The molecular formula is C8H8O2S. The van der Waals surface area contributed by atoms with Crippen molar-refractivity contribution in [2.24, 2.45) is 0 Å². The van der Waals surface area contributed by atoms with Crippen molar-refractivity contribution in [3.8, 4) is 0 Å². The molecule has 1 saturated heterocycles. The highest BCUT2D eigenvalue weighted by atomic mass is 32.1. The van der Waals surface area contributed by atoms with E-state index < -0.39 is 0 Å². The largest absolute Gasteiger partial charge is 0.380 e. The second kappa shape index (κ2) is 2.75. The number of ether oxygens (including phenoxy) is 1. The standard InChI is InChI=1S/C8H8O2S/c9-3-7-1-2-8(11-7)6-4-10-5-6/h1-3,6H,4-5H2. The molecule has 0 N–H and O–H groups in total. The highest BCUT2D eigenvalue weighted by Crippen LogP contribution is 2.29. The van der Waals surface area contributed by atoms with Gasteiger partial charge in [-0.3, -0.25) is 4.79 Å². The highest BCUT2D eigenvalue weighted by Gasteiger charge is 2.21.